The lowest BCUT2D eigenvalue weighted by molar-refractivity contribution is -0.121. The summed E-state index contributed by atoms with van der Waals surface area (Å²) in [6, 6.07) is 10.5. The molecular weight excluding hydrogens is 373 g/mol. The van der Waals surface area contributed by atoms with Gasteiger partial charge in [0, 0.05) is 25.7 Å². The van der Waals surface area contributed by atoms with Gasteiger partial charge in [0.05, 0.1) is 19.8 Å². The highest BCUT2D eigenvalue weighted by atomic mass is 35.5. The Labute approximate surface area is 169 Å². The average Bonchev–Trinajstić information content (AvgIpc) is 3.41. The fraction of sp³-hybridized carbons (Fsp3) is 0.632. The molecule has 1 saturated heterocycles. The number of amides is 1. The van der Waals surface area contributed by atoms with Crippen molar-refractivity contribution in [3.05, 3.63) is 35.9 Å². The number of morpholine rings is 1. The number of ether oxygens (including phenoxy) is 1. The fourth-order valence-corrected chi connectivity index (χ4v) is 3.15. The number of rotatable bonds is 9. The molecule has 0 spiro atoms. The van der Waals surface area contributed by atoms with Gasteiger partial charge in [-0.2, -0.15) is 0 Å². The van der Waals surface area contributed by atoms with E-state index in [1.165, 1.54) is 18.4 Å². The number of nitrogens with one attached hydrogen (secondary N) is 2. The van der Waals surface area contributed by atoms with Crippen molar-refractivity contribution >= 4 is 30.7 Å². The summed E-state index contributed by atoms with van der Waals surface area (Å²) in [5.41, 5.74) is 1.27. The molecule has 7 heteroatoms. The summed E-state index contributed by atoms with van der Waals surface area (Å²) >= 11 is 0. The van der Waals surface area contributed by atoms with Crippen LogP contribution in [0.15, 0.2) is 30.3 Å². The van der Waals surface area contributed by atoms with Crippen LogP contribution in [-0.4, -0.2) is 62.8 Å². The van der Waals surface area contributed by atoms with Gasteiger partial charge in [0.2, 0.25) is 5.91 Å². The van der Waals surface area contributed by atoms with E-state index < -0.39 is 0 Å². The van der Waals surface area contributed by atoms with Gasteiger partial charge in [0.15, 0.2) is 0 Å². The van der Waals surface area contributed by atoms with Crippen LogP contribution in [0.4, 0.5) is 0 Å². The highest BCUT2D eigenvalue weighted by Gasteiger charge is 2.22. The molecule has 1 atom stereocenters. The third-order valence-corrected chi connectivity index (χ3v) is 4.69. The van der Waals surface area contributed by atoms with Gasteiger partial charge >= 0.3 is 0 Å². The van der Waals surface area contributed by atoms with Crippen molar-refractivity contribution in [1.82, 2.24) is 15.5 Å². The van der Waals surface area contributed by atoms with Crippen molar-refractivity contribution in [3.8, 4) is 0 Å². The number of benzene rings is 1. The normalized spacial score (nSPS) is 18.3. The summed E-state index contributed by atoms with van der Waals surface area (Å²) in [5, 5.41) is 6.50. The van der Waals surface area contributed by atoms with E-state index >= 15 is 0 Å². The summed E-state index contributed by atoms with van der Waals surface area (Å²) in [7, 11) is 0. The second kappa shape index (κ2) is 12.5. The summed E-state index contributed by atoms with van der Waals surface area (Å²) in [6.07, 6.45) is 3.48. The van der Waals surface area contributed by atoms with E-state index in [1.54, 1.807) is 0 Å². The Balaban J connectivity index is 0.00000169. The van der Waals surface area contributed by atoms with Crippen molar-refractivity contribution in [1.29, 1.82) is 0 Å². The zero-order valence-corrected chi connectivity index (χ0v) is 16.8. The molecule has 1 aliphatic carbocycles. The molecule has 2 aliphatic rings. The molecule has 0 bridgehead atoms. The lowest BCUT2D eigenvalue weighted by Gasteiger charge is -2.31. The first-order valence-corrected chi connectivity index (χ1v) is 9.13. The fourth-order valence-electron chi connectivity index (χ4n) is 3.15. The molecule has 1 aromatic rings. The smallest absolute Gasteiger partial charge is 0.234 e. The maximum absolute atomic E-state index is 12.3. The molecule has 148 valence electrons. The second-order valence-corrected chi connectivity index (χ2v) is 6.94. The van der Waals surface area contributed by atoms with Crippen LogP contribution in [0.3, 0.4) is 0 Å². The predicted molar refractivity (Wildman–Crippen MR) is 109 cm³/mol. The summed E-state index contributed by atoms with van der Waals surface area (Å²) in [6.45, 7) is 5.74. The molecule has 26 heavy (non-hydrogen) atoms. The van der Waals surface area contributed by atoms with Crippen LogP contribution >= 0.6 is 24.8 Å². The van der Waals surface area contributed by atoms with Crippen molar-refractivity contribution in [2.45, 2.75) is 25.3 Å². The summed E-state index contributed by atoms with van der Waals surface area (Å²) < 4.78 is 5.42. The van der Waals surface area contributed by atoms with Crippen LogP contribution < -0.4 is 10.6 Å². The van der Waals surface area contributed by atoms with Gasteiger partial charge in [-0.1, -0.05) is 30.3 Å². The summed E-state index contributed by atoms with van der Waals surface area (Å²) in [5.74, 6) is 0.899. The third-order valence-electron chi connectivity index (χ3n) is 4.69. The Hall–Kier alpha value is -0.850. The number of hydrogen-bond donors (Lipinski definition) is 2. The van der Waals surface area contributed by atoms with Crippen LogP contribution in [0, 0.1) is 5.92 Å². The standard InChI is InChI=1S/C19H29N3O2.2ClH/c23-19(14-20-13-17-6-7-17)21-18(12-16-4-2-1-3-5-16)15-22-8-10-24-11-9-22;;/h1-5,17-18,20H,6-15H2,(H,21,23);2*1H. The van der Waals surface area contributed by atoms with Crippen LogP contribution in [0.2, 0.25) is 0 Å². The Morgan fingerprint density at radius 3 is 2.50 bits per heavy atom. The number of nitrogens with zero attached hydrogens (tertiary/aromatic N) is 1. The minimum atomic E-state index is 0. The number of hydrogen-bond acceptors (Lipinski definition) is 4. The van der Waals surface area contributed by atoms with Crippen LogP contribution in [-0.2, 0) is 16.0 Å². The molecule has 1 aromatic carbocycles. The van der Waals surface area contributed by atoms with E-state index in [-0.39, 0.29) is 36.8 Å². The van der Waals surface area contributed by atoms with Crippen molar-refractivity contribution in [3.63, 3.8) is 0 Å². The largest absolute Gasteiger partial charge is 0.379 e. The Bertz CT molecular complexity index is 509. The minimum Gasteiger partial charge on any atom is -0.379 e. The molecule has 1 heterocycles. The SMILES string of the molecule is Cl.Cl.O=C(CNCC1CC1)NC(Cc1ccccc1)CN1CCOCC1. The van der Waals surface area contributed by atoms with Gasteiger partial charge in [0.1, 0.15) is 0 Å². The highest BCUT2D eigenvalue weighted by Crippen LogP contribution is 2.27. The second-order valence-electron chi connectivity index (χ2n) is 6.94. The zero-order valence-electron chi connectivity index (χ0n) is 15.2. The highest BCUT2D eigenvalue weighted by molar-refractivity contribution is 5.85. The predicted octanol–water partition coefficient (Wildman–Crippen LogP) is 1.89. The van der Waals surface area contributed by atoms with Crippen molar-refractivity contribution in [2.24, 2.45) is 5.92 Å². The average molecular weight is 404 g/mol. The van der Waals surface area contributed by atoms with Crippen LogP contribution in [0.5, 0.6) is 0 Å². The molecular formula is C19H31Cl2N3O2. The number of halogens is 2. The quantitative estimate of drug-likeness (QED) is 0.660. The van der Waals surface area contributed by atoms with Gasteiger partial charge in [-0.05, 0) is 37.3 Å². The van der Waals surface area contributed by atoms with E-state index in [0.717, 1.165) is 51.7 Å². The zero-order chi connectivity index (χ0) is 16.6. The lowest BCUT2D eigenvalue weighted by atomic mass is 10.1. The first kappa shape index (κ1) is 23.2. The molecule has 5 nitrogen and oxygen atoms in total. The molecule has 0 radical (unpaired) electrons. The molecule has 1 aliphatic heterocycles. The van der Waals surface area contributed by atoms with E-state index in [2.05, 4.69) is 39.8 Å². The molecule has 1 saturated carbocycles. The third kappa shape index (κ3) is 8.69. The number of carbonyl (C=O) groups is 1. The molecule has 3 rings (SSSR count). The maximum atomic E-state index is 12.3. The molecule has 2 N–H and O–H groups in total. The first-order valence-electron chi connectivity index (χ1n) is 9.13. The van der Waals surface area contributed by atoms with Crippen LogP contribution in [0.1, 0.15) is 18.4 Å². The topological polar surface area (TPSA) is 53.6 Å². The molecule has 1 unspecified atom stereocenters. The van der Waals surface area contributed by atoms with E-state index in [1.807, 2.05) is 6.07 Å². The lowest BCUT2D eigenvalue weighted by Crippen LogP contribution is -2.50. The van der Waals surface area contributed by atoms with E-state index in [4.69, 9.17) is 4.74 Å². The van der Waals surface area contributed by atoms with Crippen LogP contribution in [0.25, 0.3) is 0 Å². The van der Waals surface area contributed by atoms with Crippen molar-refractivity contribution in [2.75, 3.05) is 45.9 Å². The molecule has 0 aromatic heterocycles. The van der Waals surface area contributed by atoms with Gasteiger partial charge in [-0.3, -0.25) is 9.69 Å². The van der Waals surface area contributed by atoms with Gasteiger partial charge in [-0.15, -0.1) is 24.8 Å². The Kier molecular flexibility index (Phi) is 11.2. The first-order chi connectivity index (χ1) is 11.8. The monoisotopic (exact) mass is 403 g/mol. The molecule has 2 fully saturated rings. The van der Waals surface area contributed by atoms with E-state index in [0.29, 0.717) is 6.54 Å². The Morgan fingerprint density at radius 2 is 1.85 bits per heavy atom. The van der Waals surface area contributed by atoms with E-state index in [9.17, 15) is 4.79 Å². The van der Waals surface area contributed by atoms with Gasteiger partial charge in [0.25, 0.3) is 0 Å². The van der Waals surface area contributed by atoms with Crippen molar-refractivity contribution < 1.29 is 9.53 Å². The number of carbonyl (C=O) groups excluding carboxylic acids is 1. The Morgan fingerprint density at radius 1 is 1.15 bits per heavy atom. The van der Waals surface area contributed by atoms with Gasteiger partial charge < -0.3 is 15.4 Å². The maximum Gasteiger partial charge on any atom is 0.234 e. The molecule has 1 amide bonds. The van der Waals surface area contributed by atoms with Gasteiger partial charge in [-0.25, -0.2) is 0 Å². The summed E-state index contributed by atoms with van der Waals surface area (Å²) in [4.78, 5) is 14.7. The minimum absolute atomic E-state index is 0.